The molecule has 0 unspecified atom stereocenters. The van der Waals surface area contributed by atoms with Gasteiger partial charge in [-0.2, -0.15) is 8.78 Å². The van der Waals surface area contributed by atoms with Gasteiger partial charge in [0.15, 0.2) is 0 Å². The molecule has 0 aliphatic rings. The van der Waals surface area contributed by atoms with E-state index in [0.29, 0.717) is 17.8 Å². The van der Waals surface area contributed by atoms with Crippen molar-refractivity contribution in [3.63, 3.8) is 0 Å². The van der Waals surface area contributed by atoms with Gasteiger partial charge in [0.2, 0.25) is 5.89 Å². The minimum Gasteiger partial charge on any atom is -0.496 e. The van der Waals surface area contributed by atoms with E-state index in [4.69, 9.17) is 9.15 Å². The van der Waals surface area contributed by atoms with Gasteiger partial charge in [0.1, 0.15) is 11.4 Å². The maximum atomic E-state index is 12.6. The van der Waals surface area contributed by atoms with Crippen LogP contribution in [0, 0.1) is 0 Å². The summed E-state index contributed by atoms with van der Waals surface area (Å²) in [5.74, 6) is 0.0910. The lowest BCUT2D eigenvalue weighted by Crippen LogP contribution is -2.00. The van der Waals surface area contributed by atoms with Crippen LogP contribution in [0.5, 0.6) is 5.75 Å². The molecule has 142 valence electrons. The quantitative estimate of drug-likeness (QED) is 0.501. The highest BCUT2D eigenvalue weighted by Crippen LogP contribution is 2.28. The Balaban J connectivity index is 1.50. The van der Waals surface area contributed by atoms with Crippen molar-refractivity contribution < 1.29 is 17.9 Å². The van der Waals surface area contributed by atoms with Gasteiger partial charge in [-0.1, -0.05) is 29.5 Å². The molecule has 0 amide bonds. The summed E-state index contributed by atoms with van der Waals surface area (Å²) in [6, 6.07) is 14.7. The van der Waals surface area contributed by atoms with Gasteiger partial charge in [-0.3, -0.25) is 0 Å². The van der Waals surface area contributed by atoms with Gasteiger partial charge < -0.3 is 9.15 Å². The number of hydrogen-bond acceptors (Lipinski definition) is 6. The minimum absolute atomic E-state index is 0.0565. The Labute approximate surface area is 158 Å². The molecule has 0 spiro atoms. The van der Waals surface area contributed by atoms with Crippen LogP contribution in [-0.2, 0) is 6.54 Å². The number of hydrogen-bond donors (Lipinski definition) is 0. The summed E-state index contributed by atoms with van der Waals surface area (Å²) < 4.78 is 37.1. The Morgan fingerprint density at radius 3 is 2.54 bits per heavy atom. The monoisotopic (exact) mass is 383 g/mol. The summed E-state index contributed by atoms with van der Waals surface area (Å²) in [6.45, 7) is 0.495. The molecule has 0 saturated carbocycles. The number of benzene rings is 2. The number of aromatic nitrogens is 5. The van der Waals surface area contributed by atoms with E-state index < -0.39 is 12.3 Å². The molecule has 7 nitrogen and oxygen atoms in total. The maximum Gasteiger partial charge on any atom is 0.314 e. The fourth-order valence-electron chi connectivity index (χ4n) is 2.73. The van der Waals surface area contributed by atoms with Crippen molar-refractivity contribution in [2.45, 2.75) is 13.0 Å². The van der Waals surface area contributed by atoms with E-state index in [9.17, 15) is 8.78 Å². The van der Waals surface area contributed by atoms with E-state index in [-0.39, 0.29) is 5.89 Å². The number of para-hydroxylation sites is 1. The average molecular weight is 383 g/mol. The van der Waals surface area contributed by atoms with E-state index in [2.05, 4.69) is 20.5 Å². The molecule has 0 bridgehead atoms. The standard InChI is InChI=1S/C19H15F2N5O2/c1-27-16-5-3-2-4-14(16)15-11-26(25-22-15)10-12-6-8-13(9-7-12)18-23-24-19(28-18)17(20)21/h2-9,11,17H,10H2,1H3. The second-order valence-corrected chi connectivity index (χ2v) is 5.94. The molecule has 28 heavy (non-hydrogen) atoms. The van der Waals surface area contributed by atoms with Gasteiger partial charge in [-0.15, -0.1) is 15.3 Å². The van der Waals surface area contributed by atoms with Crippen LogP contribution in [-0.4, -0.2) is 32.3 Å². The van der Waals surface area contributed by atoms with Crippen LogP contribution < -0.4 is 4.74 Å². The van der Waals surface area contributed by atoms with Crippen molar-refractivity contribution in [3.05, 3.63) is 66.2 Å². The van der Waals surface area contributed by atoms with Crippen molar-refractivity contribution in [2.24, 2.45) is 0 Å². The first kappa shape index (κ1) is 17.8. The highest BCUT2D eigenvalue weighted by atomic mass is 19.3. The number of ether oxygens (including phenoxy) is 1. The first-order valence-electron chi connectivity index (χ1n) is 8.38. The SMILES string of the molecule is COc1ccccc1-c1cn(Cc2ccc(-c3nnc(C(F)F)o3)cc2)nn1. The van der Waals surface area contributed by atoms with Crippen molar-refractivity contribution in [3.8, 4) is 28.5 Å². The molecule has 4 rings (SSSR count). The third-order valence-electron chi connectivity index (χ3n) is 4.09. The van der Waals surface area contributed by atoms with Crippen LogP contribution in [0.25, 0.3) is 22.7 Å². The highest BCUT2D eigenvalue weighted by Gasteiger charge is 2.17. The lowest BCUT2D eigenvalue weighted by Gasteiger charge is -2.04. The van der Waals surface area contributed by atoms with Crippen molar-refractivity contribution in [1.29, 1.82) is 0 Å². The summed E-state index contributed by atoms with van der Waals surface area (Å²) in [6.07, 6.45) is -0.955. The molecule has 0 aliphatic heterocycles. The zero-order valence-corrected chi connectivity index (χ0v) is 14.8. The Kier molecular flexibility index (Phi) is 4.79. The van der Waals surface area contributed by atoms with Crippen LogP contribution >= 0.6 is 0 Å². The molecule has 0 aliphatic carbocycles. The van der Waals surface area contributed by atoms with E-state index in [1.54, 1.807) is 23.9 Å². The molecule has 9 heteroatoms. The van der Waals surface area contributed by atoms with Gasteiger partial charge in [0.25, 0.3) is 5.89 Å². The largest absolute Gasteiger partial charge is 0.496 e. The predicted octanol–water partition coefficient (Wildman–Crippen LogP) is 3.99. The normalized spacial score (nSPS) is 11.1. The molecule has 0 atom stereocenters. The van der Waals surface area contributed by atoms with Gasteiger partial charge >= 0.3 is 6.43 Å². The Morgan fingerprint density at radius 2 is 1.82 bits per heavy atom. The molecule has 2 aromatic carbocycles. The van der Waals surface area contributed by atoms with Crippen LogP contribution in [0.1, 0.15) is 17.9 Å². The van der Waals surface area contributed by atoms with Gasteiger partial charge in [0, 0.05) is 11.1 Å². The number of nitrogens with zero attached hydrogens (tertiary/aromatic N) is 5. The second kappa shape index (κ2) is 7.55. The smallest absolute Gasteiger partial charge is 0.314 e. The van der Waals surface area contributed by atoms with Crippen LogP contribution in [0.2, 0.25) is 0 Å². The Bertz CT molecular complexity index is 1080. The number of rotatable bonds is 6. The molecule has 0 fully saturated rings. The summed E-state index contributed by atoms with van der Waals surface area (Å²) >= 11 is 0. The Hall–Kier alpha value is -3.62. The molecule has 0 radical (unpaired) electrons. The molecule has 2 aromatic heterocycles. The molecule has 4 aromatic rings. The third kappa shape index (κ3) is 3.59. The van der Waals surface area contributed by atoms with Gasteiger partial charge in [-0.25, -0.2) is 4.68 Å². The summed E-state index contributed by atoms with van der Waals surface area (Å²) in [7, 11) is 1.61. The number of halogens is 2. The van der Waals surface area contributed by atoms with E-state index in [0.717, 1.165) is 16.9 Å². The summed E-state index contributed by atoms with van der Waals surface area (Å²) in [4.78, 5) is 0. The fourth-order valence-corrected chi connectivity index (χ4v) is 2.73. The van der Waals surface area contributed by atoms with Crippen LogP contribution in [0.4, 0.5) is 8.78 Å². The number of methoxy groups -OCH3 is 1. The molecule has 0 saturated heterocycles. The lowest BCUT2D eigenvalue weighted by molar-refractivity contribution is 0.116. The summed E-state index contributed by atoms with van der Waals surface area (Å²) in [5, 5.41) is 15.3. The minimum atomic E-state index is -2.79. The first-order valence-corrected chi connectivity index (χ1v) is 8.38. The summed E-state index contributed by atoms with van der Waals surface area (Å²) in [5.41, 5.74) is 3.09. The van der Waals surface area contributed by atoms with Crippen molar-refractivity contribution >= 4 is 0 Å². The van der Waals surface area contributed by atoms with Gasteiger partial charge in [0.05, 0.1) is 19.9 Å². The highest BCUT2D eigenvalue weighted by molar-refractivity contribution is 5.66. The predicted molar refractivity (Wildman–Crippen MR) is 95.8 cm³/mol. The topological polar surface area (TPSA) is 78.9 Å². The fraction of sp³-hybridized carbons (Fsp3) is 0.158. The Morgan fingerprint density at radius 1 is 1.04 bits per heavy atom. The molecular weight excluding hydrogens is 368 g/mol. The van der Waals surface area contributed by atoms with E-state index in [1.165, 1.54) is 0 Å². The zero-order valence-electron chi connectivity index (χ0n) is 14.8. The number of alkyl halides is 2. The second-order valence-electron chi connectivity index (χ2n) is 5.94. The van der Waals surface area contributed by atoms with Crippen LogP contribution in [0.15, 0.2) is 59.1 Å². The first-order chi connectivity index (χ1) is 13.6. The zero-order chi connectivity index (χ0) is 19.5. The molecule has 0 N–H and O–H groups in total. The molecular formula is C19H15F2N5O2. The lowest BCUT2D eigenvalue weighted by atomic mass is 10.1. The van der Waals surface area contributed by atoms with E-state index in [1.807, 2.05) is 42.6 Å². The van der Waals surface area contributed by atoms with Gasteiger partial charge in [-0.05, 0) is 29.8 Å². The van der Waals surface area contributed by atoms with Crippen molar-refractivity contribution in [1.82, 2.24) is 25.2 Å². The van der Waals surface area contributed by atoms with Crippen molar-refractivity contribution in [2.75, 3.05) is 7.11 Å². The van der Waals surface area contributed by atoms with Crippen LogP contribution in [0.3, 0.4) is 0 Å². The molecule has 2 heterocycles. The van der Waals surface area contributed by atoms with E-state index >= 15 is 0 Å². The average Bonchev–Trinajstić information content (AvgIpc) is 3.38. The third-order valence-corrected chi connectivity index (χ3v) is 4.09. The maximum absolute atomic E-state index is 12.6.